The van der Waals surface area contributed by atoms with Gasteiger partial charge in [0.2, 0.25) is 0 Å². The predicted octanol–water partition coefficient (Wildman–Crippen LogP) is 2.35. The maximum Gasteiger partial charge on any atom is 0.276 e. The molecule has 0 fully saturated rings. The third-order valence-corrected chi connectivity index (χ3v) is 4.91. The van der Waals surface area contributed by atoms with Gasteiger partial charge in [-0.05, 0) is 27.6 Å². The zero-order valence-corrected chi connectivity index (χ0v) is 17.7. The van der Waals surface area contributed by atoms with Gasteiger partial charge in [0, 0.05) is 12.0 Å². The number of nitrogens with one attached hydrogen (secondary N) is 2. The van der Waals surface area contributed by atoms with Crippen LogP contribution in [0.25, 0.3) is 11.1 Å². The lowest BCUT2D eigenvalue weighted by Crippen LogP contribution is -2.47. The second kappa shape index (κ2) is 10.7. The fraction of sp³-hybridized carbons (Fsp3) is 0.125. The number of ether oxygens (including phenoxy) is 1. The number of rotatable bonds is 8. The van der Waals surface area contributed by atoms with E-state index in [-0.39, 0.29) is 6.61 Å². The van der Waals surface area contributed by atoms with Gasteiger partial charge in [-0.3, -0.25) is 20.4 Å². The summed E-state index contributed by atoms with van der Waals surface area (Å²) >= 11 is 0. The lowest BCUT2D eigenvalue weighted by Gasteiger charge is -2.17. The van der Waals surface area contributed by atoms with E-state index in [9.17, 15) is 9.59 Å². The smallest absolute Gasteiger partial charge is 0.276 e. The molecule has 1 atom stereocenters. The Morgan fingerprint density at radius 1 is 0.879 bits per heavy atom. The lowest BCUT2D eigenvalue weighted by molar-refractivity contribution is -0.131. The zero-order valence-electron chi connectivity index (χ0n) is 17.7. The van der Waals surface area contributed by atoms with Gasteiger partial charge in [-0.1, -0.05) is 78.9 Å². The molecule has 33 heavy (non-hydrogen) atoms. The van der Waals surface area contributed by atoms with Gasteiger partial charge in [-0.2, -0.15) is 0 Å². The molecule has 2 amide bonds. The highest BCUT2D eigenvalue weighted by atomic mass is 16.5. The number of carbonyl (C=O) groups is 2. The average molecular weight is 442 g/mol. The number of benzene rings is 3. The van der Waals surface area contributed by atoms with E-state index in [4.69, 9.17) is 4.74 Å². The summed E-state index contributed by atoms with van der Waals surface area (Å²) in [6, 6.07) is 25.9. The fourth-order valence-corrected chi connectivity index (χ4v) is 3.30. The number of hydrogen-bond acceptors (Lipinski definition) is 6. The molecule has 0 saturated carbocycles. The number of para-hydroxylation sites is 1. The fourth-order valence-electron chi connectivity index (χ4n) is 3.30. The highest BCUT2D eigenvalue weighted by Gasteiger charge is 2.23. The van der Waals surface area contributed by atoms with Crippen molar-refractivity contribution in [1.82, 2.24) is 31.1 Å². The molecule has 2 N–H and O–H groups in total. The Balaban J connectivity index is 1.35. The number of hydrazine groups is 1. The molecular weight excluding hydrogens is 420 g/mol. The molecule has 0 radical (unpaired) electrons. The van der Waals surface area contributed by atoms with Crippen LogP contribution in [0.4, 0.5) is 0 Å². The molecule has 9 heteroatoms. The average Bonchev–Trinajstić information content (AvgIpc) is 3.40. The van der Waals surface area contributed by atoms with E-state index in [1.807, 2.05) is 78.9 Å². The largest absolute Gasteiger partial charge is 0.483 e. The summed E-state index contributed by atoms with van der Waals surface area (Å²) in [6.07, 6.45) is 1.72. The Morgan fingerprint density at radius 2 is 1.58 bits per heavy atom. The van der Waals surface area contributed by atoms with Crippen LogP contribution in [0.5, 0.6) is 5.75 Å². The minimum atomic E-state index is -0.734. The number of amides is 2. The van der Waals surface area contributed by atoms with E-state index >= 15 is 0 Å². The van der Waals surface area contributed by atoms with Crippen molar-refractivity contribution >= 4 is 11.8 Å². The molecule has 0 saturated heterocycles. The van der Waals surface area contributed by atoms with Crippen LogP contribution in [0, 0.1) is 0 Å². The molecule has 0 aliphatic carbocycles. The van der Waals surface area contributed by atoms with Gasteiger partial charge in [0.1, 0.15) is 18.1 Å². The van der Waals surface area contributed by atoms with Crippen LogP contribution in [-0.4, -0.2) is 38.6 Å². The van der Waals surface area contributed by atoms with E-state index in [2.05, 4.69) is 26.4 Å². The molecule has 3 aromatic carbocycles. The van der Waals surface area contributed by atoms with Crippen molar-refractivity contribution in [2.24, 2.45) is 0 Å². The lowest BCUT2D eigenvalue weighted by atomic mass is 10.1. The summed E-state index contributed by atoms with van der Waals surface area (Å²) in [4.78, 5) is 25.1. The van der Waals surface area contributed by atoms with Crippen LogP contribution in [-0.2, 0) is 16.0 Å². The van der Waals surface area contributed by atoms with Gasteiger partial charge in [0.15, 0.2) is 6.61 Å². The van der Waals surface area contributed by atoms with Crippen LogP contribution in [0.3, 0.4) is 0 Å². The van der Waals surface area contributed by atoms with Crippen LogP contribution < -0.4 is 15.6 Å². The summed E-state index contributed by atoms with van der Waals surface area (Å²) in [5, 5.41) is 11.0. The standard InChI is InChI=1S/C24H22N6O3/c31-23(16-33-22-14-8-7-13-20(22)19-11-5-2-6-12-19)26-27-24(32)21(30-17-25-28-29-30)15-18-9-3-1-4-10-18/h1-14,17,21H,15-16H2,(H,26,31)(H,27,32). The summed E-state index contributed by atoms with van der Waals surface area (Å²) < 4.78 is 7.06. The van der Waals surface area contributed by atoms with E-state index in [0.29, 0.717) is 12.2 Å². The maximum absolute atomic E-state index is 12.8. The molecule has 166 valence electrons. The van der Waals surface area contributed by atoms with Crippen LogP contribution in [0.1, 0.15) is 11.6 Å². The zero-order chi connectivity index (χ0) is 22.9. The van der Waals surface area contributed by atoms with Gasteiger partial charge in [0.25, 0.3) is 11.8 Å². The first-order chi connectivity index (χ1) is 16.2. The van der Waals surface area contributed by atoms with Crippen molar-refractivity contribution in [3.05, 3.63) is 96.8 Å². The first kappa shape index (κ1) is 21.7. The third kappa shape index (κ3) is 5.79. The molecule has 1 unspecified atom stereocenters. The summed E-state index contributed by atoms with van der Waals surface area (Å²) in [5.41, 5.74) is 7.61. The topological polar surface area (TPSA) is 111 Å². The number of aromatic nitrogens is 4. The highest BCUT2D eigenvalue weighted by Crippen LogP contribution is 2.29. The van der Waals surface area contributed by atoms with Crippen molar-refractivity contribution in [1.29, 1.82) is 0 Å². The molecule has 1 aromatic heterocycles. The third-order valence-electron chi connectivity index (χ3n) is 4.91. The van der Waals surface area contributed by atoms with Gasteiger partial charge < -0.3 is 4.74 Å². The number of tetrazole rings is 1. The Bertz CT molecular complexity index is 1180. The second-order valence-corrected chi connectivity index (χ2v) is 7.18. The van der Waals surface area contributed by atoms with Crippen molar-refractivity contribution in [3.8, 4) is 16.9 Å². The molecule has 0 spiro atoms. The number of hydrogen-bond donors (Lipinski definition) is 2. The minimum Gasteiger partial charge on any atom is -0.483 e. The predicted molar refractivity (Wildman–Crippen MR) is 121 cm³/mol. The summed E-state index contributed by atoms with van der Waals surface area (Å²) in [5.74, 6) is -0.383. The van der Waals surface area contributed by atoms with Crippen molar-refractivity contribution in [2.75, 3.05) is 6.61 Å². The van der Waals surface area contributed by atoms with E-state index in [0.717, 1.165) is 16.7 Å². The quantitative estimate of drug-likeness (QED) is 0.405. The molecule has 1 heterocycles. The molecular formula is C24H22N6O3. The Labute approximate surface area is 190 Å². The molecule has 4 aromatic rings. The molecule has 9 nitrogen and oxygen atoms in total. The van der Waals surface area contributed by atoms with Gasteiger partial charge in [0.05, 0.1) is 0 Å². The van der Waals surface area contributed by atoms with Crippen LogP contribution >= 0.6 is 0 Å². The number of nitrogens with zero attached hydrogens (tertiary/aromatic N) is 4. The van der Waals surface area contributed by atoms with Gasteiger partial charge in [-0.15, -0.1) is 5.10 Å². The van der Waals surface area contributed by atoms with Gasteiger partial charge in [-0.25, -0.2) is 4.68 Å². The molecule has 0 aliphatic heterocycles. The molecule has 0 aliphatic rings. The van der Waals surface area contributed by atoms with E-state index in [1.54, 1.807) is 6.07 Å². The normalized spacial score (nSPS) is 11.4. The van der Waals surface area contributed by atoms with Crippen molar-refractivity contribution in [3.63, 3.8) is 0 Å². The minimum absolute atomic E-state index is 0.266. The first-order valence-corrected chi connectivity index (χ1v) is 10.3. The monoisotopic (exact) mass is 442 g/mol. The van der Waals surface area contributed by atoms with Crippen molar-refractivity contribution in [2.45, 2.75) is 12.5 Å². The highest BCUT2D eigenvalue weighted by molar-refractivity contribution is 5.85. The van der Waals surface area contributed by atoms with Crippen molar-refractivity contribution < 1.29 is 14.3 Å². The van der Waals surface area contributed by atoms with Crippen LogP contribution in [0.2, 0.25) is 0 Å². The van der Waals surface area contributed by atoms with E-state index in [1.165, 1.54) is 11.0 Å². The Morgan fingerprint density at radius 3 is 2.30 bits per heavy atom. The van der Waals surface area contributed by atoms with Gasteiger partial charge >= 0.3 is 0 Å². The molecule has 4 rings (SSSR count). The summed E-state index contributed by atoms with van der Waals surface area (Å²) in [7, 11) is 0. The SMILES string of the molecule is O=C(COc1ccccc1-c1ccccc1)NNC(=O)C(Cc1ccccc1)n1cnnn1. The molecule has 0 bridgehead atoms. The van der Waals surface area contributed by atoms with Crippen LogP contribution in [0.15, 0.2) is 91.3 Å². The maximum atomic E-state index is 12.8. The Kier molecular flexibility index (Phi) is 7.01. The van der Waals surface area contributed by atoms with E-state index < -0.39 is 17.9 Å². The Hall–Kier alpha value is -4.53. The second-order valence-electron chi connectivity index (χ2n) is 7.18. The first-order valence-electron chi connectivity index (χ1n) is 10.3. The summed E-state index contributed by atoms with van der Waals surface area (Å²) in [6.45, 7) is -0.266. The number of carbonyl (C=O) groups excluding carboxylic acids is 2.